The van der Waals surface area contributed by atoms with Gasteiger partial charge in [0.25, 0.3) is 0 Å². The smallest absolute Gasteiger partial charge is 0.243 e. The van der Waals surface area contributed by atoms with Crippen LogP contribution in [-0.2, 0) is 14.8 Å². The Labute approximate surface area is 160 Å². The second-order valence-corrected chi connectivity index (χ2v) is 10.3. The summed E-state index contributed by atoms with van der Waals surface area (Å²) in [7, 11) is -3.52. The molecule has 2 bridgehead atoms. The van der Waals surface area contributed by atoms with Crippen LogP contribution >= 0.6 is 11.6 Å². The van der Waals surface area contributed by atoms with Gasteiger partial charge in [-0.15, -0.1) is 0 Å². The van der Waals surface area contributed by atoms with Crippen LogP contribution in [-0.4, -0.2) is 49.7 Å². The Morgan fingerprint density at radius 1 is 1.04 bits per heavy atom. The van der Waals surface area contributed by atoms with E-state index in [0.717, 1.165) is 11.8 Å². The number of hydrogen-bond acceptors (Lipinski definition) is 3. The predicted octanol–water partition coefficient (Wildman–Crippen LogP) is 3.00. The molecule has 0 N–H and O–H groups in total. The summed E-state index contributed by atoms with van der Waals surface area (Å²) in [5, 5.41) is 0.514. The lowest BCUT2D eigenvalue weighted by atomic mass is 9.86. The monoisotopic (exact) mass is 396 g/mol. The molecule has 1 aliphatic heterocycles. The molecule has 1 heterocycles. The standard InChI is InChI=1S/C19H25ClN2O3S/c20-17-3-5-18(6-4-17)26(24,25)22-9-7-21(8-10-22)19(23)13-16-12-14-1-2-15(16)11-14/h3-6,14-16H,1-2,7-13H2. The van der Waals surface area contributed by atoms with Gasteiger partial charge in [0.2, 0.25) is 15.9 Å². The molecule has 3 atom stereocenters. The van der Waals surface area contributed by atoms with Gasteiger partial charge in [0.05, 0.1) is 4.90 Å². The van der Waals surface area contributed by atoms with E-state index in [1.807, 2.05) is 4.90 Å². The summed E-state index contributed by atoms with van der Waals surface area (Å²) in [6.07, 6.45) is 5.80. The highest BCUT2D eigenvalue weighted by Gasteiger charge is 2.41. The maximum atomic E-state index is 12.7. The van der Waals surface area contributed by atoms with Gasteiger partial charge in [0, 0.05) is 37.6 Å². The molecule has 0 spiro atoms. The van der Waals surface area contributed by atoms with Crippen LogP contribution in [0.5, 0.6) is 0 Å². The van der Waals surface area contributed by atoms with Gasteiger partial charge in [-0.05, 0) is 61.3 Å². The van der Waals surface area contributed by atoms with Crippen molar-refractivity contribution in [2.45, 2.75) is 37.0 Å². The molecule has 1 saturated heterocycles. The molecule has 4 rings (SSSR count). The lowest BCUT2D eigenvalue weighted by Crippen LogP contribution is -2.50. The molecular formula is C19H25ClN2O3S. The minimum Gasteiger partial charge on any atom is -0.340 e. The van der Waals surface area contributed by atoms with Crippen molar-refractivity contribution in [1.82, 2.24) is 9.21 Å². The average Bonchev–Trinajstić information content (AvgIpc) is 3.25. The number of carbonyl (C=O) groups is 1. The second-order valence-electron chi connectivity index (χ2n) is 7.88. The van der Waals surface area contributed by atoms with Crippen molar-refractivity contribution < 1.29 is 13.2 Å². The number of nitrogens with zero attached hydrogens (tertiary/aromatic N) is 2. The van der Waals surface area contributed by atoms with Gasteiger partial charge >= 0.3 is 0 Å². The third kappa shape index (κ3) is 3.51. The first-order chi connectivity index (χ1) is 12.4. The number of amides is 1. The molecule has 2 aliphatic carbocycles. The largest absolute Gasteiger partial charge is 0.340 e. The summed E-state index contributed by atoms with van der Waals surface area (Å²) in [5.74, 6) is 2.35. The van der Waals surface area contributed by atoms with E-state index >= 15 is 0 Å². The Morgan fingerprint density at radius 3 is 2.31 bits per heavy atom. The zero-order valence-electron chi connectivity index (χ0n) is 14.8. The summed E-state index contributed by atoms with van der Waals surface area (Å²) in [4.78, 5) is 14.7. The fraction of sp³-hybridized carbons (Fsp3) is 0.632. The third-order valence-electron chi connectivity index (χ3n) is 6.36. The van der Waals surface area contributed by atoms with Crippen LogP contribution in [0.1, 0.15) is 32.1 Å². The number of sulfonamides is 1. The predicted molar refractivity (Wildman–Crippen MR) is 100 cm³/mol. The molecule has 5 nitrogen and oxygen atoms in total. The van der Waals surface area contributed by atoms with Gasteiger partial charge in [-0.25, -0.2) is 8.42 Å². The normalized spacial score (nSPS) is 29.3. The third-order valence-corrected chi connectivity index (χ3v) is 8.53. The first-order valence-electron chi connectivity index (χ1n) is 9.47. The molecule has 3 fully saturated rings. The Morgan fingerprint density at radius 2 is 1.73 bits per heavy atom. The molecule has 3 unspecified atom stereocenters. The molecule has 0 radical (unpaired) electrons. The van der Waals surface area contributed by atoms with Crippen molar-refractivity contribution in [1.29, 1.82) is 0 Å². The molecule has 142 valence electrons. The number of fused-ring (bicyclic) bond motifs is 2. The van der Waals surface area contributed by atoms with Crippen LogP contribution in [0.15, 0.2) is 29.2 Å². The van der Waals surface area contributed by atoms with Gasteiger partial charge in [-0.2, -0.15) is 4.31 Å². The minimum atomic E-state index is -3.52. The zero-order chi connectivity index (χ0) is 18.3. The van der Waals surface area contributed by atoms with Crippen molar-refractivity contribution in [2.24, 2.45) is 17.8 Å². The van der Waals surface area contributed by atoms with E-state index in [-0.39, 0.29) is 10.8 Å². The van der Waals surface area contributed by atoms with Crippen molar-refractivity contribution in [2.75, 3.05) is 26.2 Å². The van der Waals surface area contributed by atoms with Crippen LogP contribution in [0.25, 0.3) is 0 Å². The highest BCUT2D eigenvalue weighted by molar-refractivity contribution is 7.89. The van der Waals surface area contributed by atoms with Crippen LogP contribution < -0.4 is 0 Å². The molecule has 3 aliphatic rings. The number of benzene rings is 1. The Hall–Kier alpha value is -1.11. The zero-order valence-corrected chi connectivity index (χ0v) is 16.4. The summed E-state index contributed by atoms with van der Waals surface area (Å²) in [6, 6.07) is 6.24. The molecule has 1 amide bonds. The van der Waals surface area contributed by atoms with Crippen molar-refractivity contribution in [3.63, 3.8) is 0 Å². The molecule has 1 aromatic rings. The molecule has 26 heavy (non-hydrogen) atoms. The molecule has 7 heteroatoms. The quantitative estimate of drug-likeness (QED) is 0.786. The molecular weight excluding hydrogens is 372 g/mol. The van der Waals surface area contributed by atoms with Gasteiger partial charge in [0.15, 0.2) is 0 Å². The maximum Gasteiger partial charge on any atom is 0.243 e. The fourth-order valence-corrected chi connectivity index (χ4v) is 6.46. The van der Waals surface area contributed by atoms with E-state index in [2.05, 4.69) is 0 Å². The van der Waals surface area contributed by atoms with E-state index in [1.165, 1.54) is 42.1 Å². The van der Waals surface area contributed by atoms with Crippen molar-refractivity contribution in [3.05, 3.63) is 29.3 Å². The average molecular weight is 397 g/mol. The summed E-state index contributed by atoms with van der Waals surface area (Å²) in [6.45, 7) is 1.67. The highest BCUT2D eigenvalue weighted by atomic mass is 35.5. The van der Waals surface area contributed by atoms with Gasteiger partial charge in [-0.3, -0.25) is 4.79 Å². The number of halogens is 1. The lowest BCUT2D eigenvalue weighted by Gasteiger charge is -2.35. The van der Waals surface area contributed by atoms with Crippen LogP contribution in [0.2, 0.25) is 5.02 Å². The van der Waals surface area contributed by atoms with Crippen LogP contribution in [0.4, 0.5) is 0 Å². The summed E-state index contributed by atoms with van der Waals surface area (Å²) in [5.41, 5.74) is 0. The van der Waals surface area contributed by atoms with Crippen LogP contribution in [0.3, 0.4) is 0 Å². The highest BCUT2D eigenvalue weighted by Crippen LogP contribution is 2.49. The minimum absolute atomic E-state index is 0.200. The number of carbonyl (C=O) groups excluding carboxylic acids is 1. The SMILES string of the molecule is O=C(CC1CC2CCC1C2)N1CCN(S(=O)(=O)c2ccc(Cl)cc2)CC1. The summed E-state index contributed by atoms with van der Waals surface area (Å²) < 4.78 is 26.9. The lowest BCUT2D eigenvalue weighted by molar-refractivity contribution is -0.133. The van der Waals surface area contributed by atoms with E-state index in [4.69, 9.17) is 11.6 Å². The Balaban J connectivity index is 1.33. The van der Waals surface area contributed by atoms with E-state index < -0.39 is 10.0 Å². The van der Waals surface area contributed by atoms with Gasteiger partial charge in [0.1, 0.15) is 0 Å². The van der Waals surface area contributed by atoms with Gasteiger partial charge in [-0.1, -0.05) is 18.0 Å². The Kier molecular flexibility index (Phi) is 5.01. The van der Waals surface area contributed by atoms with Gasteiger partial charge < -0.3 is 4.90 Å². The maximum absolute atomic E-state index is 12.7. The Bertz CT molecular complexity index is 772. The second kappa shape index (κ2) is 7.13. The molecule has 1 aromatic carbocycles. The molecule has 0 aromatic heterocycles. The topological polar surface area (TPSA) is 57.7 Å². The number of piperazine rings is 1. The van der Waals surface area contributed by atoms with Crippen molar-refractivity contribution >= 4 is 27.5 Å². The molecule has 2 saturated carbocycles. The number of hydrogen-bond donors (Lipinski definition) is 0. The van der Waals surface area contributed by atoms with Crippen LogP contribution in [0, 0.1) is 17.8 Å². The first-order valence-corrected chi connectivity index (χ1v) is 11.3. The van der Waals surface area contributed by atoms with Crippen molar-refractivity contribution in [3.8, 4) is 0 Å². The number of rotatable bonds is 4. The first kappa shape index (κ1) is 18.3. The summed E-state index contributed by atoms with van der Waals surface area (Å²) >= 11 is 5.84. The van der Waals surface area contributed by atoms with E-state index in [0.29, 0.717) is 43.5 Å². The van der Waals surface area contributed by atoms with E-state index in [9.17, 15) is 13.2 Å². The van der Waals surface area contributed by atoms with E-state index in [1.54, 1.807) is 12.1 Å². The fourth-order valence-electron chi connectivity index (χ4n) is 4.91.